The van der Waals surface area contributed by atoms with E-state index < -0.39 is 26.4 Å². The predicted octanol–water partition coefficient (Wildman–Crippen LogP) is 8.43. The maximum atomic E-state index is 15.3. The van der Waals surface area contributed by atoms with Gasteiger partial charge in [-0.05, 0) is 50.1 Å². The van der Waals surface area contributed by atoms with Gasteiger partial charge < -0.3 is 23.7 Å². The summed E-state index contributed by atoms with van der Waals surface area (Å²) in [5, 5.41) is 4.76. The number of unbranched alkanes of at least 4 members (excludes halogenated alkanes) is 1. The molecule has 1 saturated heterocycles. The number of rotatable bonds is 12. The molecule has 2 atom stereocenters. The Hall–Kier alpha value is -4.07. The zero-order valence-corrected chi connectivity index (χ0v) is 30.4. The van der Waals surface area contributed by atoms with Gasteiger partial charge in [-0.1, -0.05) is 44.6 Å². The molecular formula is C35H43ClFN7O4Si. The summed E-state index contributed by atoms with van der Waals surface area (Å²) in [7, 11) is -1.19. The van der Waals surface area contributed by atoms with Crippen molar-refractivity contribution in [3.05, 3.63) is 59.8 Å². The highest BCUT2D eigenvalue weighted by molar-refractivity contribution is 6.76. The van der Waals surface area contributed by atoms with Gasteiger partial charge in [-0.3, -0.25) is 9.67 Å². The summed E-state index contributed by atoms with van der Waals surface area (Å²) in [6, 6.07) is 9.88. The number of benzene rings is 2. The van der Waals surface area contributed by atoms with Crippen LogP contribution in [0.25, 0.3) is 33.3 Å². The van der Waals surface area contributed by atoms with E-state index in [9.17, 15) is 4.79 Å². The fourth-order valence-corrected chi connectivity index (χ4v) is 6.76. The van der Waals surface area contributed by atoms with E-state index in [2.05, 4.69) is 34.7 Å². The Kier molecular flexibility index (Phi) is 10.5. The molecule has 1 fully saturated rings. The van der Waals surface area contributed by atoms with Crippen LogP contribution in [0.15, 0.2) is 48.9 Å². The Bertz CT molecular complexity index is 1940. The maximum Gasteiger partial charge on any atom is 0.409 e. The first-order valence-corrected chi connectivity index (χ1v) is 20.9. The molecule has 0 radical (unpaired) electrons. The largest absolute Gasteiger partial charge is 0.456 e. The molecule has 0 aliphatic carbocycles. The Morgan fingerprint density at radius 3 is 2.69 bits per heavy atom. The number of aromatic nitrogens is 6. The Balaban J connectivity index is 1.16. The zero-order chi connectivity index (χ0) is 34.7. The Morgan fingerprint density at radius 1 is 1.10 bits per heavy atom. The van der Waals surface area contributed by atoms with Crippen LogP contribution in [0, 0.1) is 6.92 Å². The second-order valence-electron chi connectivity index (χ2n) is 13.7. The molecule has 0 spiro atoms. The number of halogens is 2. The number of likely N-dealkylation sites (tertiary alicyclic amines) is 1. The maximum absolute atomic E-state index is 15.3. The summed E-state index contributed by atoms with van der Waals surface area (Å²) in [6.45, 7) is 12.8. The SMILES string of the molecule is CCCCOC(=O)N1CC[C@H](n2cc(-c3cnc4ccc(Oc5ccc6nc(C)n(COCC[Si](C)(C)C)c6c5)c(Cl)c4n3)cn2)[C@@H](F)C1. The molecule has 11 nitrogen and oxygen atoms in total. The van der Waals surface area contributed by atoms with Gasteiger partial charge in [0, 0.05) is 39.1 Å². The summed E-state index contributed by atoms with van der Waals surface area (Å²) in [6.07, 6.45) is 5.40. The number of carbonyl (C=O) groups excluding carboxylic acids is 1. The van der Waals surface area contributed by atoms with E-state index in [0.29, 0.717) is 71.7 Å². The molecule has 0 unspecified atom stereocenters. The van der Waals surface area contributed by atoms with Crippen molar-refractivity contribution in [2.75, 3.05) is 26.3 Å². The first-order chi connectivity index (χ1) is 23.5. The molecule has 6 rings (SSSR count). The van der Waals surface area contributed by atoms with Gasteiger partial charge >= 0.3 is 6.09 Å². The van der Waals surface area contributed by atoms with Crippen molar-refractivity contribution >= 4 is 47.8 Å². The molecule has 1 amide bonds. The lowest BCUT2D eigenvalue weighted by atomic mass is 10.0. The number of nitrogens with zero attached hydrogens (tertiary/aromatic N) is 7. The van der Waals surface area contributed by atoms with Gasteiger partial charge in [-0.25, -0.2) is 19.2 Å². The average molecular weight is 708 g/mol. The first-order valence-electron chi connectivity index (χ1n) is 16.8. The second kappa shape index (κ2) is 14.8. The molecule has 1 aliphatic heterocycles. The van der Waals surface area contributed by atoms with Crippen LogP contribution < -0.4 is 4.74 Å². The quantitative estimate of drug-likeness (QED) is 0.0939. The molecular weight excluding hydrogens is 665 g/mol. The van der Waals surface area contributed by atoms with Gasteiger partial charge in [-0.15, -0.1) is 0 Å². The van der Waals surface area contributed by atoms with Crippen molar-refractivity contribution in [3.63, 3.8) is 0 Å². The Morgan fingerprint density at radius 2 is 1.92 bits per heavy atom. The summed E-state index contributed by atoms with van der Waals surface area (Å²) >= 11 is 6.88. The van der Waals surface area contributed by atoms with Gasteiger partial charge in [-0.2, -0.15) is 5.10 Å². The van der Waals surface area contributed by atoms with E-state index in [1.807, 2.05) is 42.7 Å². The summed E-state index contributed by atoms with van der Waals surface area (Å²) in [4.78, 5) is 27.8. The van der Waals surface area contributed by atoms with Crippen molar-refractivity contribution in [2.45, 2.75) is 77.7 Å². The molecule has 4 heterocycles. The van der Waals surface area contributed by atoms with Gasteiger partial charge in [0.25, 0.3) is 0 Å². The van der Waals surface area contributed by atoms with Gasteiger partial charge in [0.15, 0.2) is 0 Å². The number of aryl methyl sites for hydroxylation is 1. The van der Waals surface area contributed by atoms with Crippen LogP contribution in [0.5, 0.6) is 11.5 Å². The van der Waals surface area contributed by atoms with Crippen molar-refractivity contribution < 1.29 is 23.4 Å². The lowest BCUT2D eigenvalue weighted by Gasteiger charge is -2.34. The van der Waals surface area contributed by atoms with Crippen LogP contribution in [0.2, 0.25) is 30.7 Å². The monoisotopic (exact) mass is 707 g/mol. The number of hydrogen-bond acceptors (Lipinski definition) is 8. The van der Waals surface area contributed by atoms with Crippen LogP contribution in [0.4, 0.5) is 9.18 Å². The van der Waals surface area contributed by atoms with Gasteiger partial charge in [0.1, 0.15) is 40.8 Å². The number of alkyl halides is 1. The number of hydrogen-bond donors (Lipinski definition) is 0. The van der Waals surface area contributed by atoms with Crippen molar-refractivity contribution in [1.29, 1.82) is 0 Å². The highest BCUT2D eigenvalue weighted by Crippen LogP contribution is 2.36. The minimum absolute atomic E-state index is 0.0413. The first kappa shape index (κ1) is 34.8. The van der Waals surface area contributed by atoms with Crippen molar-refractivity contribution in [1.82, 2.24) is 34.2 Å². The number of piperidine rings is 1. The van der Waals surface area contributed by atoms with E-state index in [1.54, 1.807) is 29.3 Å². The predicted molar refractivity (Wildman–Crippen MR) is 191 cm³/mol. The summed E-state index contributed by atoms with van der Waals surface area (Å²) < 4.78 is 36.5. The van der Waals surface area contributed by atoms with E-state index in [4.69, 9.17) is 30.8 Å². The fourth-order valence-electron chi connectivity index (χ4n) is 5.76. The van der Waals surface area contributed by atoms with E-state index in [-0.39, 0.29) is 6.54 Å². The Labute approximate surface area is 291 Å². The number of ether oxygens (including phenoxy) is 3. The molecule has 1 aliphatic rings. The van der Waals surface area contributed by atoms with E-state index in [1.165, 1.54) is 4.90 Å². The summed E-state index contributed by atoms with van der Waals surface area (Å²) in [5.41, 5.74) is 4.06. The third kappa shape index (κ3) is 8.05. The lowest BCUT2D eigenvalue weighted by Crippen LogP contribution is -2.46. The third-order valence-electron chi connectivity index (χ3n) is 8.70. The molecule has 0 N–H and O–H groups in total. The summed E-state index contributed by atoms with van der Waals surface area (Å²) in [5.74, 6) is 1.90. The zero-order valence-electron chi connectivity index (χ0n) is 28.7. The molecule has 0 saturated carbocycles. The molecule has 3 aromatic heterocycles. The number of imidazole rings is 1. The normalized spacial score (nSPS) is 16.8. The van der Waals surface area contributed by atoms with Crippen LogP contribution in [-0.4, -0.2) is 80.8 Å². The number of carbonyl (C=O) groups is 1. The molecule has 2 aromatic carbocycles. The third-order valence-corrected chi connectivity index (χ3v) is 10.8. The van der Waals surface area contributed by atoms with Crippen LogP contribution in [0.3, 0.4) is 0 Å². The highest BCUT2D eigenvalue weighted by Gasteiger charge is 2.34. The second-order valence-corrected chi connectivity index (χ2v) is 19.7. The average Bonchev–Trinajstić information content (AvgIpc) is 3.68. The van der Waals surface area contributed by atoms with Crippen molar-refractivity contribution in [2.24, 2.45) is 0 Å². The standard InChI is InChI=1S/C35H43ClFN7O4Si/c1-6-7-14-47-35(45)42-13-12-30(26(37)21-42)44-20-24(18-39-44)29-19-38-28-10-11-32(33(36)34(28)41-29)48-25-8-9-27-31(17-25)43(23(2)40-27)22-46-15-16-49(3,4)5/h8-11,17-20,26,30H,6-7,12-16,21-22H2,1-5H3/t26-,30-/m0/s1. The van der Waals surface area contributed by atoms with Crippen molar-refractivity contribution in [3.8, 4) is 22.8 Å². The molecule has 14 heteroatoms. The fraction of sp³-hybridized carbons (Fsp3) is 0.457. The van der Waals surface area contributed by atoms with Crippen LogP contribution >= 0.6 is 11.6 Å². The lowest BCUT2D eigenvalue weighted by molar-refractivity contribution is 0.0547. The van der Waals surface area contributed by atoms with Crippen LogP contribution in [0.1, 0.15) is 38.1 Å². The van der Waals surface area contributed by atoms with Gasteiger partial charge in [0.2, 0.25) is 0 Å². The van der Waals surface area contributed by atoms with E-state index >= 15 is 4.39 Å². The number of amides is 1. The molecule has 0 bridgehead atoms. The van der Waals surface area contributed by atoms with Gasteiger partial charge in [0.05, 0.1) is 53.8 Å². The smallest absolute Gasteiger partial charge is 0.409 e. The molecule has 5 aromatic rings. The van der Waals surface area contributed by atoms with E-state index in [0.717, 1.165) is 35.7 Å². The molecule has 49 heavy (non-hydrogen) atoms. The highest BCUT2D eigenvalue weighted by atomic mass is 35.5. The minimum atomic E-state index is -1.29. The number of fused-ring (bicyclic) bond motifs is 2. The minimum Gasteiger partial charge on any atom is -0.456 e. The molecule has 260 valence electrons. The topological polar surface area (TPSA) is 109 Å². The van der Waals surface area contributed by atoms with Crippen LogP contribution in [-0.2, 0) is 16.2 Å².